The van der Waals surface area contributed by atoms with Gasteiger partial charge in [-0.15, -0.1) is 24.0 Å². The van der Waals surface area contributed by atoms with Gasteiger partial charge in [0.05, 0.1) is 20.3 Å². The second-order valence-electron chi connectivity index (χ2n) is 7.71. The third kappa shape index (κ3) is 7.52. The fourth-order valence-corrected chi connectivity index (χ4v) is 3.52. The largest absolute Gasteiger partial charge is 0.496 e. The van der Waals surface area contributed by atoms with Gasteiger partial charge in [0.15, 0.2) is 5.96 Å². The van der Waals surface area contributed by atoms with E-state index < -0.39 is 0 Å². The molecule has 1 aliphatic rings. The summed E-state index contributed by atoms with van der Waals surface area (Å²) in [5.74, 6) is 1.48. The number of carbonyl (C=O) groups excluding carboxylic acids is 1. The van der Waals surface area contributed by atoms with Crippen LogP contribution in [0.5, 0.6) is 5.75 Å². The van der Waals surface area contributed by atoms with Crippen molar-refractivity contribution in [1.82, 2.24) is 25.4 Å². The summed E-state index contributed by atoms with van der Waals surface area (Å²) in [6.07, 6.45) is 2.82. The first-order valence-electron chi connectivity index (χ1n) is 10.7. The maximum Gasteiger partial charge on any atom is 0.243 e. The van der Waals surface area contributed by atoms with Gasteiger partial charge in [0.25, 0.3) is 0 Å². The Hall–Kier alpha value is -2.05. The first-order chi connectivity index (χ1) is 15.1. The molecule has 32 heavy (non-hydrogen) atoms. The highest BCUT2D eigenvalue weighted by atomic mass is 127. The van der Waals surface area contributed by atoms with Crippen molar-refractivity contribution in [2.75, 3.05) is 73.7 Å². The lowest BCUT2D eigenvalue weighted by molar-refractivity contribution is -0.127. The number of aromatic nitrogens is 1. The Morgan fingerprint density at radius 3 is 2.72 bits per heavy atom. The molecule has 1 saturated heterocycles. The van der Waals surface area contributed by atoms with Crippen molar-refractivity contribution in [2.24, 2.45) is 4.99 Å². The van der Waals surface area contributed by atoms with E-state index in [1.165, 1.54) is 5.56 Å². The summed E-state index contributed by atoms with van der Waals surface area (Å²) < 4.78 is 10.9. The number of nitrogens with zero attached hydrogens (tertiary/aromatic N) is 3. The standard InChI is InChI=1S/C22H34N6O3.HI/c1-27(2)20(29)16-26-22(24-9-10-28-11-13-31-14-12-28)23-8-7-17-15-25-18-5-4-6-19(30-3)21(17)18;/h4-6,15,25H,7-14,16H2,1-3H3,(H2,23,24,26);1H. The average Bonchev–Trinajstić information content (AvgIpc) is 3.20. The third-order valence-corrected chi connectivity index (χ3v) is 5.35. The van der Waals surface area contributed by atoms with E-state index in [2.05, 4.69) is 25.5 Å². The Kier molecular flexibility index (Phi) is 11.0. The number of methoxy groups -OCH3 is 1. The summed E-state index contributed by atoms with van der Waals surface area (Å²) in [6.45, 7) is 5.92. The van der Waals surface area contributed by atoms with Crippen LogP contribution >= 0.6 is 24.0 Å². The normalized spacial score (nSPS) is 14.7. The molecule has 0 unspecified atom stereocenters. The Morgan fingerprint density at radius 1 is 1.25 bits per heavy atom. The molecule has 3 N–H and O–H groups in total. The van der Waals surface area contributed by atoms with Crippen LogP contribution in [0.1, 0.15) is 5.56 Å². The number of H-pyrrole nitrogens is 1. The van der Waals surface area contributed by atoms with Crippen molar-refractivity contribution in [3.05, 3.63) is 30.0 Å². The fourth-order valence-electron chi connectivity index (χ4n) is 3.52. The van der Waals surface area contributed by atoms with Gasteiger partial charge in [-0.3, -0.25) is 9.69 Å². The monoisotopic (exact) mass is 558 g/mol. The molecule has 3 rings (SSSR count). The van der Waals surface area contributed by atoms with Crippen LogP contribution in [0, 0.1) is 0 Å². The van der Waals surface area contributed by atoms with Crippen molar-refractivity contribution in [3.63, 3.8) is 0 Å². The maximum atomic E-state index is 12.0. The highest BCUT2D eigenvalue weighted by Gasteiger charge is 2.12. The van der Waals surface area contributed by atoms with Crippen molar-refractivity contribution in [2.45, 2.75) is 6.42 Å². The number of hydrogen-bond donors (Lipinski definition) is 3. The summed E-state index contributed by atoms with van der Waals surface area (Å²) in [5, 5.41) is 7.82. The summed E-state index contributed by atoms with van der Waals surface area (Å²) >= 11 is 0. The molecule has 0 atom stereocenters. The second-order valence-corrected chi connectivity index (χ2v) is 7.71. The van der Waals surface area contributed by atoms with E-state index in [1.807, 2.05) is 24.4 Å². The molecule has 178 valence electrons. The Morgan fingerprint density at radius 2 is 2.00 bits per heavy atom. The van der Waals surface area contributed by atoms with Crippen molar-refractivity contribution < 1.29 is 14.3 Å². The number of carbonyl (C=O) groups is 1. The Labute approximate surface area is 206 Å². The van der Waals surface area contributed by atoms with Crippen LogP contribution < -0.4 is 15.4 Å². The summed E-state index contributed by atoms with van der Waals surface area (Å²) in [6, 6.07) is 5.99. The topological polar surface area (TPSA) is 94.2 Å². The number of amides is 1. The molecule has 0 bridgehead atoms. The smallest absolute Gasteiger partial charge is 0.243 e. The van der Waals surface area contributed by atoms with E-state index in [0.717, 1.165) is 62.5 Å². The van der Waals surface area contributed by atoms with Gasteiger partial charge in [0, 0.05) is 63.9 Å². The molecule has 1 aromatic carbocycles. The number of ether oxygens (including phenoxy) is 2. The van der Waals surface area contributed by atoms with Gasteiger partial charge in [-0.1, -0.05) is 6.07 Å². The van der Waals surface area contributed by atoms with Crippen molar-refractivity contribution in [3.8, 4) is 5.75 Å². The van der Waals surface area contributed by atoms with E-state index in [9.17, 15) is 4.79 Å². The summed E-state index contributed by atoms with van der Waals surface area (Å²) in [4.78, 5) is 23.7. The molecule has 0 radical (unpaired) electrons. The molecule has 9 nitrogen and oxygen atoms in total. The number of aromatic amines is 1. The number of guanidine groups is 1. The van der Waals surface area contributed by atoms with Gasteiger partial charge in [0.1, 0.15) is 12.3 Å². The zero-order valence-electron chi connectivity index (χ0n) is 19.1. The number of morpholine rings is 1. The first kappa shape index (κ1) is 26.2. The van der Waals surface area contributed by atoms with E-state index in [4.69, 9.17) is 9.47 Å². The number of nitrogens with one attached hydrogen (secondary N) is 3. The summed E-state index contributed by atoms with van der Waals surface area (Å²) in [7, 11) is 5.16. The number of hydrogen-bond acceptors (Lipinski definition) is 5. The van der Waals surface area contributed by atoms with Crippen molar-refractivity contribution in [1.29, 1.82) is 0 Å². The molecule has 0 aliphatic carbocycles. The molecule has 0 spiro atoms. The van der Waals surface area contributed by atoms with Gasteiger partial charge in [-0.2, -0.15) is 0 Å². The molecule has 1 amide bonds. The lowest BCUT2D eigenvalue weighted by Gasteiger charge is -2.26. The molecular weight excluding hydrogens is 523 g/mol. The molecule has 2 aromatic rings. The van der Waals surface area contributed by atoms with Gasteiger partial charge in [-0.25, -0.2) is 4.99 Å². The number of aliphatic imine (C=N–C) groups is 1. The number of benzene rings is 1. The van der Waals surface area contributed by atoms with Crippen LogP contribution in [0.15, 0.2) is 29.4 Å². The average molecular weight is 558 g/mol. The van der Waals surface area contributed by atoms with Crippen LogP contribution in [-0.2, 0) is 16.0 Å². The number of halogens is 1. The van der Waals surface area contributed by atoms with Crippen LogP contribution in [0.2, 0.25) is 0 Å². The Balaban J connectivity index is 0.00000363. The molecule has 0 saturated carbocycles. The van der Waals surface area contributed by atoms with Crippen LogP contribution in [-0.4, -0.2) is 100 Å². The van der Waals surface area contributed by atoms with E-state index >= 15 is 0 Å². The second kappa shape index (κ2) is 13.5. The first-order valence-corrected chi connectivity index (χ1v) is 10.7. The molecular formula is C22H35IN6O3. The van der Waals surface area contributed by atoms with Gasteiger partial charge in [-0.05, 0) is 24.1 Å². The third-order valence-electron chi connectivity index (χ3n) is 5.35. The van der Waals surface area contributed by atoms with E-state index in [-0.39, 0.29) is 36.4 Å². The Bertz CT molecular complexity index is 880. The number of rotatable bonds is 9. The molecule has 1 aliphatic heterocycles. The quantitative estimate of drug-likeness (QED) is 0.244. The van der Waals surface area contributed by atoms with E-state index in [0.29, 0.717) is 12.5 Å². The predicted molar refractivity (Wildman–Crippen MR) is 138 cm³/mol. The molecule has 1 fully saturated rings. The zero-order valence-corrected chi connectivity index (χ0v) is 21.5. The minimum atomic E-state index is -0.0318. The van der Waals surface area contributed by atoms with Crippen LogP contribution in [0.4, 0.5) is 0 Å². The fraction of sp³-hybridized carbons (Fsp3) is 0.545. The minimum Gasteiger partial charge on any atom is -0.496 e. The highest BCUT2D eigenvalue weighted by molar-refractivity contribution is 14.0. The van der Waals surface area contributed by atoms with Gasteiger partial charge >= 0.3 is 0 Å². The SMILES string of the molecule is COc1cccc2[nH]cc(CCNC(=NCC(=O)N(C)C)NCCN3CCOCC3)c12.I. The number of likely N-dealkylation sites (N-methyl/N-ethyl adjacent to an activating group) is 1. The molecule has 10 heteroatoms. The molecule has 2 heterocycles. The predicted octanol–water partition coefficient (Wildman–Crippen LogP) is 1.29. The zero-order chi connectivity index (χ0) is 22.1. The molecule has 1 aromatic heterocycles. The highest BCUT2D eigenvalue weighted by Crippen LogP contribution is 2.28. The minimum absolute atomic E-state index is 0. The lowest BCUT2D eigenvalue weighted by atomic mass is 10.1. The lowest BCUT2D eigenvalue weighted by Crippen LogP contribution is -2.45. The maximum absolute atomic E-state index is 12.0. The van der Waals surface area contributed by atoms with Crippen LogP contribution in [0.3, 0.4) is 0 Å². The van der Waals surface area contributed by atoms with Crippen molar-refractivity contribution >= 4 is 46.7 Å². The number of fused-ring (bicyclic) bond motifs is 1. The van der Waals surface area contributed by atoms with Gasteiger partial charge < -0.3 is 30.0 Å². The van der Waals surface area contributed by atoms with E-state index in [1.54, 1.807) is 26.1 Å². The summed E-state index contributed by atoms with van der Waals surface area (Å²) in [5.41, 5.74) is 2.24. The van der Waals surface area contributed by atoms with Crippen LogP contribution in [0.25, 0.3) is 10.9 Å². The van der Waals surface area contributed by atoms with Gasteiger partial charge in [0.2, 0.25) is 5.91 Å².